The van der Waals surface area contributed by atoms with Gasteiger partial charge in [-0.2, -0.15) is 5.26 Å². The van der Waals surface area contributed by atoms with E-state index in [0.717, 1.165) is 0 Å². The summed E-state index contributed by atoms with van der Waals surface area (Å²) in [5.41, 5.74) is 0.961. The van der Waals surface area contributed by atoms with Crippen LogP contribution in [0.4, 0.5) is 0 Å². The highest BCUT2D eigenvalue weighted by Crippen LogP contribution is 2.11. The first-order valence-electron chi connectivity index (χ1n) is 5.82. The molecule has 5 heteroatoms. The van der Waals surface area contributed by atoms with E-state index in [-0.39, 0.29) is 17.5 Å². The topological polar surface area (TPSA) is 67.8 Å². The van der Waals surface area contributed by atoms with E-state index in [4.69, 9.17) is 5.26 Å². The Bertz CT molecular complexity index is 718. The number of carbonyl (C=O) groups is 1. The molecule has 0 unspecified atom stereocenters. The Balaban J connectivity index is 2.67. The first-order chi connectivity index (χ1) is 9.07. The lowest BCUT2D eigenvalue weighted by atomic mass is 10.1. The van der Waals surface area contributed by atoms with Crippen molar-refractivity contribution in [1.82, 2.24) is 9.36 Å². The average Bonchev–Trinajstić information content (AvgIpc) is 2.62. The number of hydrogen-bond donors (Lipinski definition) is 0. The minimum absolute atomic E-state index is 0.0907. The van der Waals surface area contributed by atoms with Gasteiger partial charge in [-0.05, 0) is 19.1 Å². The second-order valence-corrected chi connectivity index (χ2v) is 4.19. The number of carbonyl (C=O) groups excluding carboxylic acids is 1. The van der Waals surface area contributed by atoms with Crippen molar-refractivity contribution in [3.05, 3.63) is 51.9 Å². The molecule has 0 aliphatic rings. The van der Waals surface area contributed by atoms with Crippen molar-refractivity contribution in [1.29, 1.82) is 5.26 Å². The van der Waals surface area contributed by atoms with Crippen LogP contribution in [0.3, 0.4) is 0 Å². The molecule has 0 amide bonds. The molecule has 2 aromatic rings. The number of hydrogen-bond acceptors (Lipinski definition) is 3. The number of ketones is 1. The lowest BCUT2D eigenvalue weighted by Gasteiger charge is -2.07. The van der Waals surface area contributed by atoms with Crippen molar-refractivity contribution in [2.45, 2.75) is 13.3 Å². The second kappa shape index (κ2) is 4.94. The summed E-state index contributed by atoms with van der Waals surface area (Å²) in [4.78, 5) is 24.2. The molecule has 0 spiro atoms. The van der Waals surface area contributed by atoms with Crippen molar-refractivity contribution in [3.63, 3.8) is 0 Å². The van der Waals surface area contributed by atoms with Crippen LogP contribution in [0.2, 0.25) is 0 Å². The predicted molar refractivity (Wildman–Crippen MR) is 70.3 cm³/mol. The van der Waals surface area contributed by atoms with Crippen molar-refractivity contribution >= 4 is 5.78 Å². The Kier molecular flexibility index (Phi) is 3.34. The summed E-state index contributed by atoms with van der Waals surface area (Å²) in [5.74, 6) is -0.435. The molecule has 1 heterocycles. The van der Waals surface area contributed by atoms with E-state index < -0.39 is 5.78 Å². The number of nitrogens with zero attached hydrogens (tertiary/aromatic N) is 3. The minimum atomic E-state index is -0.435. The van der Waals surface area contributed by atoms with Gasteiger partial charge >= 0.3 is 0 Å². The first kappa shape index (κ1) is 12.8. The summed E-state index contributed by atoms with van der Waals surface area (Å²) in [6, 6.07) is 10.9. The van der Waals surface area contributed by atoms with Crippen LogP contribution in [0.15, 0.2) is 35.1 Å². The number of Topliss-reactive ketones (excluding diaryl/α,β-unsaturated/α-hetero) is 1. The van der Waals surface area contributed by atoms with E-state index >= 15 is 0 Å². The van der Waals surface area contributed by atoms with Crippen LogP contribution in [0.25, 0.3) is 5.69 Å². The second-order valence-electron chi connectivity index (χ2n) is 4.19. The zero-order valence-electron chi connectivity index (χ0n) is 10.8. The minimum Gasteiger partial charge on any atom is -0.293 e. The molecule has 0 bridgehead atoms. The average molecular weight is 255 g/mol. The van der Waals surface area contributed by atoms with Gasteiger partial charge in [0.1, 0.15) is 5.56 Å². The molecule has 0 aliphatic carbocycles. The molecule has 5 nitrogen and oxygen atoms in total. The maximum absolute atomic E-state index is 12.3. The summed E-state index contributed by atoms with van der Waals surface area (Å²) in [6.45, 7) is 1.70. The molecule has 19 heavy (non-hydrogen) atoms. The van der Waals surface area contributed by atoms with Gasteiger partial charge in [-0.1, -0.05) is 18.2 Å². The monoisotopic (exact) mass is 255 g/mol. The highest BCUT2D eigenvalue weighted by atomic mass is 16.2. The summed E-state index contributed by atoms with van der Waals surface area (Å²) < 4.78 is 3.06. The fourth-order valence-corrected chi connectivity index (χ4v) is 2.05. The third-order valence-corrected chi connectivity index (χ3v) is 3.07. The standard InChI is InChI=1S/C14H13N3O2/c1-10-13(12(18)8-9-15)14(19)17(16(10)2)11-6-4-3-5-7-11/h3-7H,8H2,1-2H3. The van der Waals surface area contributed by atoms with Crippen LogP contribution >= 0.6 is 0 Å². The molecule has 0 aliphatic heterocycles. The van der Waals surface area contributed by atoms with E-state index in [2.05, 4.69) is 0 Å². The Morgan fingerprint density at radius 1 is 1.32 bits per heavy atom. The van der Waals surface area contributed by atoms with Gasteiger partial charge in [0.2, 0.25) is 0 Å². The summed E-state index contributed by atoms with van der Waals surface area (Å²) in [6.07, 6.45) is -0.283. The van der Waals surface area contributed by atoms with E-state index in [1.54, 1.807) is 36.9 Å². The van der Waals surface area contributed by atoms with Gasteiger partial charge in [0.15, 0.2) is 5.78 Å². The SMILES string of the molecule is Cc1c(C(=O)CC#N)c(=O)n(-c2ccccc2)n1C. The lowest BCUT2D eigenvalue weighted by molar-refractivity contribution is 0.0996. The Morgan fingerprint density at radius 2 is 1.95 bits per heavy atom. The van der Waals surface area contributed by atoms with Crippen LogP contribution in [-0.2, 0) is 7.05 Å². The molecule has 0 radical (unpaired) electrons. The Hall–Kier alpha value is -2.61. The fraction of sp³-hybridized carbons (Fsp3) is 0.214. The molecule has 0 atom stereocenters. The van der Waals surface area contributed by atoms with E-state index in [1.807, 2.05) is 18.2 Å². The Labute approximate surface area is 110 Å². The predicted octanol–water partition coefficient (Wildman–Crippen LogP) is 1.58. The number of nitriles is 1. The van der Waals surface area contributed by atoms with Gasteiger partial charge in [0.25, 0.3) is 5.56 Å². The molecule has 1 aromatic carbocycles. The molecular weight excluding hydrogens is 242 g/mol. The fourth-order valence-electron chi connectivity index (χ4n) is 2.05. The first-order valence-corrected chi connectivity index (χ1v) is 5.82. The smallest absolute Gasteiger partial charge is 0.282 e. The maximum Gasteiger partial charge on any atom is 0.282 e. The molecule has 96 valence electrons. The van der Waals surface area contributed by atoms with Gasteiger partial charge in [-0.15, -0.1) is 0 Å². The van der Waals surface area contributed by atoms with Crippen LogP contribution in [0.1, 0.15) is 22.5 Å². The van der Waals surface area contributed by atoms with Crippen molar-refractivity contribution in [2.24, 2.45) is 7.05 Å². The molecule has 2 rings (SSSR count). The molecule has 0 fully saturated rings. The number of benzene rings is 1. The van der Waals surface area contributed by atoms with Gasteiger partial charge in [0.05, 0.1) is 18.2 Å². The highest BCUT2D eigenvalue weighted by Gasteiger charge is 2.21. The van der Waals surface area contributed by atoms with Gasteiger partial charge in [-0.25, -0.2) is 4.68 Å². The largest absolute Gasteiger partial charge is 0.293 e. The van der Waals surface area contributed by atoms with E-state index in [9.17, 15) is 9.59 Å². The molecule has 0 N–H and O–H groups in total. The van der Waals surface area contributed by atoms with Crippen molar-refractivity contribution < 1.29 is 4.79 Å². The zero-order chi connectivity index (χ0) is 14.0. The van der Waals surface area contributed by atoms with Gasteiger partial charge in [0, 0.05) is 12.7 Å². The third-order valence-electron chi connectivity index (χ3n) is 3.07. The lowest BCUT2D eigenvalue weighted by Crippen LogP contribution is -2.22. The quantitative estimate of drug-likeness (QED) is 0.782. The maximum atomic E-state index is 12.3. The van der Waals surface area contributed by atoms with Gasteiger partial charge in [-0.3, -0.25) is 14.3 Å². The number of para-hydroxylation sites is 1. The molecule has 0 saturated carbocycles. The highest BCUT2D eigenvalue weighted by molar-refractivity contribution is 5.98. The third kappa shape index (κ3) is 2.08. The van der Waals surface area contributed by atoms with Crippen molar-refractivity contribution in [3.8, 4) is 11.8 Å². The van der Waals surface area contributed by atoms with E-state index in [0.29, 0.717) is 11.4 Å². The summed E-state index contributed by atoms with van der Waals surface area (Å²) in [5, 5.41) is 8.59. The molecular formula is C14H13N3O2. The van der Waals surface area contributed by atoms with Crippen molar-refractivity contribution in [2.75, 3.05) is 0 Å². The van der Waals surface area contributed by atoms with Crippen LogP contribution in [-0.4, -0.2) is 15.1 Å². The van der Waals surface area contributed by atoms with Gasteiger partial charge < -0.3 is 0 Å². The summed E-state index contributed by atoms with van der Waals surface area (Å²) in [7, 11) is 1.72. The number of aromatic nitrogens is 2. The van der Waals surface area contributed by atoms with Crippen LogP contribution < -0.4 is 5.56 Å². The Morgan fingerprint density at radius 3 is 2.53 bits per heavy atom. The summed E-state index contributed by atoms with van der Waals surface area (Å²) >= 11 is 0. The zero-order valence-corrected chi connectivity index (χ0v) is 10.8. The molecule has 1 aromatic heterocycles. The van der Waals surface area contributed by atoms with Crippen LogP contribution in [0.5, 0.6) is 0 Å². The van der Waals surface area contributed by atoms with Crippen LogP contribution in [0, 0.1) is 18.3 Å². The van der Waals surface area contributed by atoms with E-state index in [1.165, 1.54) is 4.68 Å². The molecule has 0 saturated heterocycles. The number of rotatable bonds is 3. The normalized spacial score (nSPS) is 10.2.